The number of halogens is 4. The molecule has 1 amide bonds. The van der Waals surface area contributed by atoms with E-state index in [4.69, 9.17) is 4.74 Å². The molecular formula is C17H15Br2F2NO3. The fraction of sp³-hybridized carbons (Fsp3) is 0.235. The summed E-state index contributed by atoms with van der Waals surface area (Å²) in [5, 5.41) is 2.74. The van der Waals surface area contributed by atoms with E-state index in [1.54, 1.807) is 18.2 Å². The second-order valence-electron chi connectivity index (χ2n) is 4.99. The highest BCUT2D eigenvalue weighted by atomic mass is 79.9. The minimum atomic E-state index is -2.84. The molecular weight excluding hydrogens is 464 g/mol. The van der Waals surface area contributed by atoms with Gasteiger partial charge in [0.05, 0.1) is 4.47 Å². The molecule has 25 heavy (non-hydrogen) atoms. The van der Waals surface area contributed by atoms with Crippen LogP contribution in [0.15, 0.2) is 51.4 Å². The van der Waals surface area contributed by atoms with Crippen molar-refractivity contribution in [1.29, 1.82) is 0 Å². The molecule has 0 heterocycles. The largest absolute Gasteiger partial charge is 0.483 e. The number of nitrogens with one attached hydrogen (secondary N) is 1. The molecule has 1 N–H and O–H groups in total. The number of amides is 1. The molecule has 0 aliphatic heterocycles. The molecule has 2 aromatic rings. The Balaban J connectivity index is 1.71. The van der Waals surface area contributed by atoms with Crippen LogP contribution in [0.1, 0.15) is 5.56 Å². The van der Waals surface area contributed by atoms with Crippen LogP contribution in [0.25, 0.3) is 0 Å². The average molecular weight is 479 g/mol. The van der Waals surface area contributed by atoms with Crippen molar-refractivity contribution >= 4 is 37.8 Å². The second-order valence-corrected chi connectivity index (χ2v) is 6.76. The predicted molar refractivity (Wildman–Crippen MR) is 97.1 cm³/mol. The Morgan fingerprint density at radius 1 is 1.12 bits per heavy atom. The Labute approximate surface area is 160 Å². The van der Waals surface area contributed by atoms with Gasteiger partial charge in [0, 0.05) is 11.0 Å². The lowest BCUT2D eigenvalue weighted by atomic mass is 10.1. The van der Waals surface area contributed by atoms with E-state index < -0.39 is 6.61 Å². The molecule has 0 aromatic heterocycles. The van der Waals surface area contributed by atoms with Crippen LogP contribution < -0.4 is 14.8 Å². The number of carbonyl (C=O) groups is 1. The van der Waals surface area contributed by atoms with Crippen molar-refractivity contribution < 1.29 is 23.0 Å². The lowest BCUT2D eigenvalue weighted by Crippen LogP contribution is -2.30. The van der Waals surface area contributed by atoms with E-state index in [0.29, 0.717) is 18.7 Å². The van der Waals surface area contributed by atoms with Gasteiger partial charge in [0.2, 0.25) is 0 Å². The maximum absolute atomic E-state index is 12.1. The summed E-state index contributed by atoms with van der Waals surface area (Å²) in [4.78, 5) is 11.8. The molecule has 4 nitrogen and oxygen atoms in total. The molecule has 2 rings (SSSR count). The summed E-state index contributed by atoms with van der Waals surface area (Å²) in [6, 6.07) is 11.7. The van der Waals surface area contributed by atoms with E-state index in [9.17, 15) is 13.6 Å². The summed E-state index contributed by atoms with van der Waals surface area (Å²) < 4.78 is 35.5. The first kappa shape index (κ1) is 19.7. The Hall–Kier alpha value is -1.67. The van der Waals surface area contributed by atoms with Crippen molar-refractivity contribution in [3.8, 4) is 11.5 Å². The van der Waals surface area contributed by atoms with Gasteiger partial charge < -0.3 is 14.8 Å². The summed E-state index contributed by atoms with van der Waals surface area (Å²) in [5.74, 6) is 0.441. The number of carbonyl (C=O) groups excluding carboxylic acids is 1. The Morgan fingerprint density at radius 2 is 1.84 bits per heavy atom. The van der Waals surface area contributed by atoms with Crippen molar-refractivity contribution in [3.63, 3.8) is 0 Å². The Bertz CT molecular complexity index is 712. The van der Waals surface area contributed by atoms with Gasteiger partial charge in [-0.1, -0.05) is 28.1 Å². The standard InChI is InChI=1S/C17H15Br2F2NO3/c18-12-3-6-15(14(19)9-12)24-10-16(23)22-8-7-11-1-4-13(5-2-11)25-17(20)21/h1-6,9,17H,7-8,10H2,(H,22,23). The number of rotatable bonds is 8. The Morgan fingerprint density at radius 3 is 2.48 bits per heavy atom. The maximum Gasteiger partial charge on any atom is 0.387 e. The van der Waals surface area contributed by atoms with Crippen molar-refractivity contribution in [3.05, 3.63) is 57.0 Å². The molecule has 2 aromatic carbocycles. The molecule has 0 radical (unpaired) electrons. The zero-order valence-electron chi connectivity index (χ0n) is 13.0. The molecule has 0 fully saturated rings. The van der Waals surface area contributed by atoms with Crippen LogP contribution in [0.4, 0.5) is 8.78 Å². The normalized spacial score (nSPS) is 10.6. The molecule has 0 saturated heterocycles. The van der Waals surface area contributed by atoms with Crippen molar-refractivity contribution in [1.82, 2.24) is 5.32 Å². The summed E-state index contributed by atoms with van der Waals surface area (Å²) >= 11 is 6.70. The third-order valence-corrected chi connectivity index (χ3v) is 4.25. The van der Waals surface area contributed by atoms with Crippen LogP contribution in [0.2, 0.25) is 0 Å². The molecule has 0 aliphatic carbocycles. The van der Waals surface area contributed by atoms with Gasteiger partial charge in [0.1, 0.15) is 11.5 Å². The molecule has 0 spiro atoms. The van der Waals surface area contributed by atoms with Gasteiger partial charge in [-0.15, -0.1) is 0 Å². The van der Waals surface area contributed by atoms with E-state index in [2.05, 4.69) is 41.9 Å². The van der Waals surface area contributed by atoms with Gasteiger partial charge in [-0.2, -0.15) is 8.78 Å². The first-order valence-electron chi connectivity index (χ1n) is 7.32. The smallest absolute Gasteiger partial charge is 0.387 e. The quantitative estimate of drug-likeness (QED) is 0.605. The third kappa shape index (κ3) is 6.99. The van der Waals surface area contributed by atoms with Crippen molar-refractivity contribution in [2.75, 3.05) is 13.2 Å². The molecule has 134 valence electrons. The van der Waals surface area contributed by atoms with Crippen molar-refractivity contribution in [2.45, 2.75) is 13.0 Å². The Kier molecular flexibility index (Phi) is 7.64. The third-order valence-electron chi connectivity index (χ3n) is 3.14. The highest BCUT2D eigenvalue weighted by molar-refractivity contribution is 9.11. The van der Waals surface area contributed by atoms with E-state index in [1.165, 1.54) is 12.1 Å². The van der Waals surface area contributed by atoms with Gasteiger partial charge in [0.25, 0.3) is 5.91 Å². The van der Waals surface area contributed by atoms with Crippen molar-refractivity contribution in [2.24, 2.45) is 0 Å². The van der Waals surface area contributed by atoms with Gasteiger partial charge in [0.15, 0.2) is 6.61 Å². The van der Waals surface area contributed by atoms with E-state index in [0.717, 1.165) is 14.5 Å². The van der Waals surface area contributed by atoms with Crippen LogP contribution >= 0.6 is 31.9 Å². The topological polar surface area (TPSA) is 47.6 Å². The molecule has 8 heteroatoms. The molecule has 0 aliphatic rings. The second kappa shape index (κ2) is 9.72. The molecule has 0 saturated carbocycles. The highest BCUT2D eigenvalue weighted by Crippen LogP contribution is 2.28. The molecule has 0 bridgehead atoms. The van der Waals surface area contributed by atoms with Crippen LogP contribution in [0.3, 0.4) is 0 Å². The van der Waals surface area contributed by atoms with Crippen LogP contribution in [0, 0.1) is 0 Å². The van der Waals surface area contributed by atoms with E-state index >= 15 is 0 Å². The number of alkyl halides is 2. The summed E-state index contributed by atoms with van der Waals surface area (Å²) in [7, 11) is 0. The average Bonchev–Trinajstić information content (AvgIpc) is 2.55. The first-order valence-corrected chi connectivity index (χ1v) is 8.91. The lowest BCUT2D eigenvalue weighted by Gasteiger charge is -2.09. The van der Waals surface area contributed by atoms with Gasteiger partial charge in [-0.3, -0.25) is 4.79 Å². The summed E-state index contributed by atoms with van der Waals surface area (Å²) in [6.45, 7) is -2.52. The molecule has 0 unspecified atom stereocenters. The van der Waals surface area contributed by atoms with E-state index in [1.807, 2.05) is 12.1 Å². The van der Waals surface area contributed by atoms with Gasteiger partial charge >= 0.3 is 6.61 Å². The van der Waals surface area contributed by atoms with Gasteiger partial charge in [-0.05, 0) is 58.2 Å². The number of ether oxygens (including phenoxy) is 2. The highest BCUT2D eigenvalue weighted by Gasteiger charge is 2.07. The zero-order valence-corrected chi connectivity index (χ0v) is 16.1. The summed E-state index contributed by atoms with van der Waals surface area (Å²) in [6.07, 6.45) is 0.572. The minimum Gasteiger partial charge on any atom is -0.483 e. The van der Waals surface area contributed by atoms with Crippen LogP contribution in [-0.4, -0.2) is 25.7 Å². The van der Waals surface area contributed by atoms with Gasteiger partial charge in [-0.25, -0.2) is 0 Å². The lowest BCUT2D eigenvalue weighted by molar-refractivity contribution is -0.123. The predicted octanol–water partition coefficient (Wildman–Crippen LogP) is 4.55. The fourth-order valence-electron chi connectivity index (χ4n) is 1.97. The SMILES string of the molecule is O=C(COc1ccc(Br)cc1Br)NCCc1ccc(OC(F)F)cc1. The summed E-state index contributed by atoms with van der Waals surface area (Å²) in [5.41, 5.74) is 0.901. The monoisotopic (exact) mass is 477 g/mol. The zero-order chi connectivity index (χ0) is 18.2. The van der Waals surface area contributed by atoms with Crippen LogP contribution in [0.5, 0.6) is 11.5 Å². The minimum absolute atomic E-state index is 0.0958. The fourth-order valence-corrected chi connectivity index (χ4v) is 3.13. The van der Waals surface area contributed by atoms with E-state index in [-0.39, 0.29) is 18.3 Å². The first-order chi connectivity index (χ1) is 11.9. The number of hydrogen-bond acceptors (Lipinski definition) is 3. The number of benzene rings is 2. The maximum atomic E-state index is 12.1. The molecule has 0 atom stereocenters. The van der Waals surface area contributed by atoms with Crippen LogP contribution in [-0.2, 0) is 11.2 Å². The number of hydrogen-bond donors (Lipinski definition) is 1.